The number of nitrogens with one attached hydrogen (secondary N) is 1. The summed E-state index contributed by atoms with van der Waals surface area (Å²) < 4.78 is 23.2. The molecule has 0 bridgehead atoms. The van der Waals surface area contributed by atoms with E-state index in [4.69, 9.17) is 15.6 Å². The van der Waals surface area contributed by atoms with Gasteiger partial charge in [-0.3, -0.25) is 9.69 Å². The molecule has 2 fully saturated rings. The number of likely N-dealkylation sites (tertiary alicyclic amines) is 1. The molecular formula is C35H40FN9O2. The predicted octanol–water partition coefficient (Wildman–Crippen LogP) is 5.08. The van der Waals surface area contributed by atoms with Gasteiger partial charge in [0.05, 0.1) is 11.4 Å². The van der Waals surface area contributed by atoms with Crippen molar-refractivity contribution in [1.82, 2.24) is 34.9 Å². The third-order valence-corrected chi connectivity index (χ3v) is 9.08. The molecule has 1 amide bonds. The van der Waals surface area contributed by atoms with Gasteiger partial charge in [-0.2, -0.15) is 10.4 Å². The quantitative estimate of drug-likeness (QED) is 0.210. The third kappa shape index (κ3) is 6.54. The van der Waals surface area contributed by atoms with Crippen LogP contribution in [-0.4, -0.2) is 79.3 Å². The summed E-state index contributed by atoms with van der Waals surface area (Å²) in [4.78, 5) is 26.5. The van der Waals surface area contributed by atoms with Crippen molar-refractivity contribution in [2.45, 2.75) is 64.2 Å². The third-order valence-electron chi connectivity index (χ3n) is 9.08. The van der Waals surface area contributed by atoms with Gasteiger partial charge in [-0.15, -0.1) is 0 Å². The van der Waals surface area contributed by atoms with Crippen LogP contribution in [0.15, 0.2) is 66.5 Å². The van der Waals surface area contributed by atoms with Crippen LogP contribution in [0.25, 0.3) is 22.3 Å². The van der Waals surface area contributed by atoms with E-state index in [9.17, 15) is 10.1 Å². The zero-order valence-corrected chi connectivity index (χ0v) is 27.2. The fourth-order valence-corrected chi connectivity index (χ4v) is 6.73. The number of carbonyl (C=O) groups excluding carboxylic acids is 1. The first-order chi connectivity index (χ1) is 22.6. The number of ether oxygens (including phenoxy) is 1. The van der Waals surface area contributed by atoms with E-state index in [-0.39, 0.29) is 34.9 Å². The molecule has 0 aliphatic carbocycles. The number of nitrogens with zero attached hydrogens (tertiary/aromatic N) is 7. The first-order valence-corrected chi connectivity index (χ1v) is 16.0. The van der Waals surface area contributed by atoms with E-state index in [1.807, 2.05) is 32.0 Å². The van der Waals surface area contributed by atoms with Crippen molar-refractivity contribution in [2.24, 2.45) is 0 Å². The largest absolute Gasteiger partial charge is 0.457 e. The lowest BCUT2D eigenvalue weighted by molar-refractivity contribution is -0.128. The number of rotatable bonds is 7. The van der Waals surface area contributed by atoms with Crippen LogP contribution in [0.5, 0.6) is 11.5 Å². The summed E-state index contributed by atoms with van der Waals surface area (Å²) in [7, 11) is 0. The number of anilines is 1. The van der Waals surface area contributed by atoms with E-state index in [0.717, 1.165) is 13.1 Å². The van der Waals surface area contributed by atoms with Gasteiger partial charge in [-0.1, -0.05) is 18.2 Å². The average Bonchev–Trinajstić information content (AvgIpc) is 3.45. The Balaban J connectivity index is 1.28. The number of hydrogen-bond acceptors (Lipinski definition) is 9. The van der Waals surface area contributed by atoms with Crippen LogP contribution in [0.3, 0.4) is 0 Å². The number of nitriles is 1. The molecule has 0 radical (unpaired) electrons. The van der Waals surface area contributed by atoms with E-state index in [1.165, 1.54) is 12.4 Å². The first kappa shape index (κ1) is 32.1. The molecule has 2 aromatic heterocycles. The van der Waals surface area contributed by atoms with Crippen molar-refractivity contribution in [3.63, 3.8) is 0 Å². The standard InChI is InChI=1S/C35H40FN9O2/c1-22-19-44(23(2)18-39-22)35(3,4)16-24(17-37)34(46)43-14-8-9-25(20-43)45-33-30(32(38)40-21-41-33)31(42-45)28-13-12-27(15-29(28)36)47-26-10-6-5-7-11-26/h5-7,10-13,15-16,21-23,25,39H,8-9,14,18-20H2,1-4H3,(H2,38,40,41)/b24-16+/t22-,23+,25+/m1/s1. The monoisotopic (exact) mass is 637 g/mol. The van der Waals surface area contributed by atoms with Crippen LogP contribution in [-0.2, 0) is 4.79 Å². The van der Waals surface area contributed by atoms with E-state index < -0.39 is 11.4 Å². The Labute approximate surface area is 273 Å². The van der Waals surface area contributed by atoms with Gasteiger partial charge >= 0.3 is 0 Å². The molecule has 2 aromatic carbocycles. The summed E-state index contributed by atoms with van der Waals surface area (Å²) >= 11 is 0. The van der Waals surface area contributed by atoms with E-state index in [1.54, 1.807) is 39.9 Å². The Morgan fingerprint density at radius 1 is 1.15 bits per heavy atom. The number of piperidine rings is 1. The zero-order chi connectivity index (χ0) is 33.3. The summed E-state index contributed by atoms with van der Waals surface area (Å²) in [5.74, 6) is 0.268. The molecule has 3 N–H and O–H groups in total. The van der Waals surface area contributed by atoms with Gasteiger partial charge in [0, 0.05) is 55.4 Å². The van der Waals surface area contributed by atoms with E-state index >= 15 is 4.39 Å². The molecule has 0 spiro atoms. The SMILES string of the molecule is C[C@@H]1CN(C(C)(C)/C=C(\C#N)C(=O)N2CCC[C@H](n3nc(-c4ccc(Oc5ccccc5)cc4F)c4c(N)ncnc43)C2)[C@@H](C)CN1. The molecule has 3 atom stereocenters. The predicted molar refractivity (Wildman–Crippen MR) is 178 cm³/mol. The minimum atomic E-state index is -0.534. The van der Waals surface area contributed by atoms with Crippen molar-refractivity contribution in [2.75, 3.05) is 31.9 Å². The number of halogens is 1. The fraction of sp³-hybridized carbons (Fsp3) is 0.400. The number of benzene rings is 2. The maximum atomic E-state index is 15.7. The first-order valence-electron chi connectivity index (χ1n) is 16.0. The molecule has 12 heteroatoms. The van der Waals surface area contributed by atoms with Crippen LogP contribution >= 0.6 is 0 Å². The lowest BCUT2D eigenvalue weighted by Crippen LogP contribution is -2.60. The Kier molecular flexibility index (Phi) is 8.94. The number of nitrogen functional groups attached to an aromatic ring is 1. The Hall–Kier alpha value is -4.86. The van der Waals surface area contributed by atoms with Gasteiger partial charge in [0.25, 0.3) is 5.91 Å². The number of aromatic nitrogens is 4. The molecule has 47 heavy (non-hydrogen) atoms. The topological polar surface area (TPSA) is 138 Å². The second kappa shape index (κ2) is 13.1. The highest BCUT2D eigenvalue weighted by Crippen LogP contribution is 2.36. The summed E-state index contributed by atoms with van der Waals surface area (Å²) in [6, 6.07) is 16.2. The molecule has 4 heterocycles. The molecular weight excluding hydrogens is 597 g/mol. The van der Waals surface area contributed by atoms with Crippen molar-refractivity contribution in [3.8, 4) is 28.8 Å². The van der Waals surface area contributed by atoms with Gasteiger partial charge in [-0.25, -0.2) is 19.0 Å². The van der Waals surface area contributed by atoms with Gasteiger partial charge in [0.1, 0.15) is 46.8 Å². The summed E-state index contributed by atoms with van der Waals surface area (Å²) in [5.41, 5.74) is 6.93. The molecule has 2 aliphatic rings. The molecule has 11 nitrogen and oxygen atoms in total. The van der Waals surface area contributed by atoms with Crippen LogP contribution in [0.4, 0.5) is 10.2 Å². The molecule has 2 saturated heterocycles. The van der Waals surface area contributed by atoms with Crippen LogP contribution in [0, 0.1) is 17.1 Å². The summed E-state index contributed by atoms with van der Waals surface area (Å²) in [6.07, 6.45) is 4.57. The minimum Gasteiger partial charge on any atom is -0.457 e. The number of piperazine rings is 1. The molecule has 6 rings (SSSR count). The smallest absolute Gasteiger partial charge is 0.264 e. The van der Waals surface area contributed by atoms with Crippen molar-refractivity contribution in [1.29, 1.82) is 5.26 Å². The Bertz CT molecular complexity index is 1850. The molecule has 244 valence electrons. The number of amides is 1. The highest BCUT2D eigenvalue weighted by Gasteiger charge is 2.36. The van der Waals surface area contributed by atoms with Crippen LogP contribution < -0.4 is 15.8 Å². The maximum absolute atomic E-state index is 15.7. The average molecular weight is 638 g/mol. The zero-order valence-electron chi connectivity index (χ0n) is 27.2. The fourth-order valence-electron chi connectivity index (χ4n) is 6.73. The molecule has 0 unspecified atom stereocenters. The molecule has 2 aliphatic heterocycles. The summed E-state index contributed by atoms with van der Waals surface area (Å²) in [6.45, 7) is 10.9. The lowest BCUT2D eigenvalue weighted by atomic mass is 9.94. The number of para-hydroxylation sites is 1. The molecule has 4 aromatic rings. The number of fused-ring (bicyclic) bond motifs is 1. The van der Waals surface area contributed by atoms with E-state index in [0.29, 0.717) is 60.2 Å². The number of hydrogen-bond donors (Lipinski definition) is 2. The van der Waals surface area contributed by atoms with Crippen LogP contribution in [0.1, 0.15) is 46.6 Å². The highest BCUT2D eigenvalue weighted by atomic mass is 19.1. The second-order valence-electron chi connectivity index (χ2n) is 13.0. The highest BCUT2D eigenvalue weighted by molar-refractivity contribution is 5.99. The normalized spacial score (nSPS) is 21.1. The Morgan fingerprint density at radius 3 is 2.68 bits per heavy atom. The maximum Gasteiger partial charge on any atom is 0.264 e. The minimum absolute atomic E-state index is 0.117. The molecule has 0 saturated carbocycles. The van der Waals surface area contributed by atoms with Crippen molar-refractivity contribution < 1.29 is 13.9 Å². The lowest BCUT2D eigenvalue weighted by Gasteiger charge is -2.46. The second-order valence-corrected chi connectivity index (χ2v) is 13.0. The van der Waals surface area contributed by atoms with Gasteiger partial charge in [0.2, 0.25) is 0 Å². The summed E-state index contributed by atoms with van der Waals surface area (Å²) in [5, 5.41) is 18.9. The van der Waals surface area contributed by atoms with Gasteiger partial charge in [0.15, 0.2) is 5.65 Å². The van der Waals surface area contributed by atoms with E-state index in [2.05, 4.69) is 40.1 Å². The van der Waals surface area contributed by atoms with Crippen molar-refractivity contribution >= 4 is 22.8 Å². The van der Waals surface area contributed by atoms with Gasteiger partial charge in [-0.05, 0) is 70.9 Å². The number of nitrogens with two attached hydrogens (primary N) is 1. The number of carbonyl (C=O) groups is 1. The van der Waals surface area contributed by atoms with Gasteiger partial charge < -0.3 is 20.7 Å². The van der Waals surface area contributed by atoms with Crippen LogP contribution in [0.2, 0.25) is 0 Å². The Morgan fingerprint density at radius 2 is 1.94 bits per heavy atom. The van der Waals surface area contributed by atoms with Crippen molar-refractivity contribution in [3.05, 3.63) is 72.3 Å².